The molecule has 0 aliphatic carbocycles. The minimum absolute atomic E-state index is 0.342. The highest BCUT2D eigenvalue weighted by atomic mass is 35.5. The third-order valence-corrected chi connectivity index (χ3v) is 3.51. The van der Waals surface area contributed by atoms with E-state index >= 15 is 0 Å². The SMILES string of the molecule is Clc1ccc(CC(Cn2cncn2)Cn2cncn2)cc1. The second-order valence-electron chi connectivity index (χ2n) is 4.93. The first-order chi connectivity index (χ1) is 10.3. The van der Waals surface area contributed by atoms with Gasteiger partial charge in [0.1, 0.15) is 25.3 Å². The summed E-state index contributed by atoms with van der Waals surface area (Å²) in [7, 11) is 0. The standard InChI is InChI=1S/C14H15ClN6/c15-14-3-1-12(2-4-14)5-13(6-20-10-16-8-18-20)7-21-11-17-9-19-21/h1-4,8-11,13H,5-7H2. The van der Waals surface area contributed by atoms with Crippen molar-refractivity contribution in [3.63, 3.8) is 0 Å². The molecule has 108 valence electrons. The maximum atomic E-state index is 5.93. The van der Waals surface area contributed by atoms with Gasteiger partial charge in [-0.25, -0.2) is 9.97 Å². The van der Waals surface area contributed by atoms with Gasteiger partial charge in [0.2, 0.25) is 0 Å². The van der Waals surface area contributed by atoms with E-state index < -0.39 is 0 Å². The summed E-state index contributed by atoms with van der Waals surface area (Å²) >= 11 is 5.93. The molecule has 0 N–H and O–H groups in total. The van der Waals surface area contributed by atoms with Gasteiger partial charge in [-0.05, 0) is 24.1 Å². The summed E-state index contributed by atoms with van der Waals surface area (Å²) in [5.74, 6) is 0.342. The van der Waals surface area contributed by atoms with Crippen molar-refractivity contribution < 1.29 is 0 Å². The van der Waals surface area contributed by atoms with Crippen LogP contribution >= 0.6 is 11.6 Å². The molecule has 21 heavy (non-hydrogen) atoms. The van der Waals surface area contributed by atoms with Crippen molar-refractivity contribution in [3.05, 3.63) is 60.2 Å². The molecule has 0 unspecified atom stereocenters. The molecule has 0 saturated heterocycles. The van der Waals surface area contributed by atoms with E-state index in [1.807, 2.05) is 21.5 Å². The third kappa shape index (κ3) is 3.88. The normalized spacial score (nSPS) is 11.1. The van der Waals surface area contributed by atoms with Crippen LogP contribution in [-0.2, 0) is 19.5 Å². The number of hydrogen-bond acceptors (Lipinski definition) is 4. The molecule has 0 bridgehead atoms. The fraction of sp³-hybridized carbons (Fsp3) is 0.286. The van der Waals surface area contributed by atoms with Crippen LogP contribution in [0.25, 0.3) is 0 Å². The first-order valence-electron chi connectivity index (χ1n) is 6.69. The summed E-state index contributed by atoms with van der Waals surface area (Å²) in [5, 5.41) is 9.11. The van der Waals surface area contributed by atoms with Crippen molar-refractivity contribution in [2.24, 2.45) is 5.92 Å². The van der Waals surface area contributed by atoms with E-state index in [0.29, 0.717) is 5.92 Å². The van der Waals surface area contributed by atoms with Gasteiger partial charge in [-0.2, -0.15) is 10.2 Å². The Morgan fingerprint density at radius 2 is 1.48 bits per heavy atom. The highest BCUT2D eigenvalue weighted by Gasteiger charge is 2.13. The fourth-order valence-corrected chi connectivity index (χ4v) is 2.45. The minimum atomic E-state index is 0.342. The lowest BCUT2D eigenvalue weighted by Gasteiger charge is -2.16. The minimum Gasteiger partial charge on any atom is -0.253 e. The zero-order chi connectivity index (χ0) is 14.5. The van der Waals surface area contributed by atoms with Crippen molar-refractivity contribution in [1.29, 1.82) is 0 Å². The third-order valence-electron chi connectivity index (χ3n) is 3.26. The van der Waals surface area contributed by atoms with Crippen molar-refractivity contribution in [2.75, 3.05) is 0 Å². The van der Waals surface area contributed by atoms with Gasteiger partial charge in [0.15, 0.2) is 0 Å². The molecule has 0 aliphatic heterocycles. The van der Waals surface area contributed by atoms with Gasteiger partial charge in [-0.1, -0.05) is 23.7 Å². The molecule has 0 saturated carbocycles. The Kier molecular flexibility index (Phi) is 4.25. The van der Waals surface area contributed by atoms with E-state index in [1.54, 1.807) is 25.3 Å². The Bertz CT molecular complexity index is 611. The predicted molar refractivity (Wildman–Crippen MR) is 78.7 cm³/mol. The van der Waals surface area contributed by atoms with Gasteiger partial charge < -0.3 is 0 Å². The van der Waals surface area contributed by atoms with Crippen molar-refractivity contribution >= 4 is 11.6 Å². The van der Waals surface area contributed by atoms with Crippen molar-refractivity contribution in [3.8, 4) is 0 Å². The van der Waals surface area contributed by atoms with Crippen LogP contribution < -0.4 is 0 Å². The van der Waals surface area contributed by atoms with E-state index in [1.165, 1.54) is 5.56 Å². The van der Waals surface area contributed by atoms with E-state index in [0.717, 1.165) is 24.5 Å². The molecule has 3 rings (SSSR count). The smallest absolute Gasteiger partial charge is 0.137 e. The molecule has 7 heteroatoms. The van der Waals surface area contributed by atoms with E-state index in [9.17, 15) is 0 Å². The van der Waals surface area contributed by atoms with E-state index in [-0.39, 0.29) is 0 Å². The predicted octanol–water partition coefficient (Wildman–Crippen LogP) is 2.08. The van der Waals surface area contributed by atoms with Crippen LogP contribution in [0.5, 0.6) is 0 Å². The maximum absolute atomic E-state index is 5.93. The Morgan fingerprint density at radius 1 is 0.905 bits per heavy atom. The molecule has 0 atom stereocenters. The lowest BCUT2D eigenvalue weighted by Crippen LogP contribution is -2.20. The molecule has 1 aromatic carbocycles. The largest absolute Gasteiger partial charge is 0.253 e. The molecule has 3 aromatic rings. The Labute approximate surface area is 127 Å². The molecular weight excluding hydrogens is 288 g/mol. The molecule has 0 spiro atoms. The lowest BCUT2D eigenvalue weighted by atomic mass is 9.99. The number of rotatable bonds is 6. The summed E-state index contributed by atoms with van der Waals surface area (Å²) in [5.41, 5.74) is 1.24. The van der Waals surface area contributed by atoms with E-state index in [2.05, 4.69) is 32.3 Å². The summed E-state index contributed by atoms with van der Waals surface area (Å²) in [6.45, 7) is 1.56. The zero-order valence-electron chi connectivity index (χ0n) is 11.4. The van der Waals surface area contributed by atoms with Crippen LogP contribution in [-0.4, -0.2) is 29.5 Å². The van der Waals surface area contributed by atoms with Gasteiger partial charge in [-0.15, -0.1) is 0 Å². The molecular formula is C14H15ClN6. The van der Waals surface area contributed by atoms with Crippen LogP contribution in [0.1, 0.15) is 5.56 Å². The summed E-state index contributed by atoms with van der Waals surface area (Å²) in [4.78, 5) is 7.98. The van der Waals surface area contributed by atoms with Crippen LogP contribution in [0.2, 0.25) is 5.02 Å². The fourth-order valence-electron chi connectivity index (χ4n) is 2.32. The molecule has 2 aromatic heterocycles. The highest BCUT2D eigenvalue weighted by molar-refractivity contribution is 6.30. The number of aromatic nitrogens is 6. The van der Waals surface area contributed by atoms with E-state index in [4.69, 9.17) is 11.6 Å². The number of nitrogens with zero attached hydrogens (tertiary/aromatic N) is 6. The van der Waals surface area contributed by atoms with Gasteiger partial charge >= 0.3 is 0 Å². The average Bonchev–Trinajstić information content (AvgIpc) is 3.15. The monoisotopic (exact) mass is 302 g/mol. The Morgan fingerprint density at radius 3 is 1.95 bits per heavy atom. The summed E-state index contributed by atoms with van der Waals surface area (Å²) in [6, 6.07) is 7.94. The quantitative estimate of drug-likeness (QED) is 0.699. The van der Waals surface area contributed by atoms with Gasteiger partial charge in [-0.3, -0.25) is 9.36 Å². The first-order valence-corrected chi connectivity index (χ1v) is 7.06. The lowest BCUT2D eigenvalue weighted by molar-refractivity contribution is 0.349. The van der Waals surface area contributed by atoms with Gasteiger partial charge in [0, 0.05) is 24.0 Å². The number of hydrogen-bond donors (Lipinski definition) is 0. The van der Waals surface area contributed by atoms with Crippen LogP contribution in [0, 0.1) is 5.92 Å². The van der Waals surface area contributed by atoms with Gasteiger partial charge in [0.05, 0.1) is 0 Å². The summed E-state index contributed by atoms with van der Waals surface area (Å²) in [6.07, 6.45) is 7.48. The van der Waals surface area contributed by atoms with Crippen LogP contribution in [0.3, 0.4) is 0 Å². The number of halogens is 1. The van der Waals surface area contributed by atoms with Gasteiger partial charge in [0.25, 0.3) is 0 Å². The molecule has 0 aliphatic rings. The van der Waals surface area contributed by atoms with Crippen molar-refractivity contribution in [1.82, 2.24) is 29.5 Å². The average molecular weight is 303 g/mol. The zero-order valence-corrected chi connectivity index (χ0v) is 12.1. The van der Waals surface area contributed by atoms with Crippen molar-refractivity contribution in [2.45, 2.75) is 19.5 Å². The maximum Gasteiger partial charge on any atom is 0.137 e. The molecule has 6 nitrogen and oxygen atoms in total. The molecule has 0 amide bonds. The Balaban J connectivity index is 1.72. The number of benzene rings is 1. The molecule has 0 radical (unpaired) electrons. The van der Waals surface area contributed by atoms with Crippen LogP contribution in [0.15, 0.2) is 49.6 Å². The second-order valence-corrected chi connectivity index (χ2v) is 5.37. The topological polar surface area (TPSA) is 61.4 Å². The molecule has 2 heterocycles. The van der Waals surface area contributed by atoms with Crippen LogP contribution in [0.4, 0.5) is 0 Å². The first kappa shape index (κ1) is 13.8. The molecule has 0 fully saturated rings. The summed E-state index contributed by atoms with van der Waals surface area (Å²) < 4.78 is 3.69. The Hall–Kier alpha value is -2.21. The highest BCUT2D eigenvalue weighted by Crippen LogP contribution is 2.16. The second kappa shape index (κ2) is 6.49.